The number of ether oxygens (including phenoxy) is 2. The molecule has 0 atom stereocenters. The molecule has 0 aliphatic heterocycles. The first-order valence-corrected chi connectivity index (χ1v) is 9.64. The lowest BCUT2D eigenvalue weighted by Gasteiger charge is -2.06. The number of aliphatic imine (C=N–C) groups is 1. The van der Waals surface area contributed by atoms with Gasteiger partial charge in [-0.1, -0.05) is 24.3 Å². The Morgan fingerprint density at radius 3 is 2.31 bits per heavy atom. The number of rotatable bonds is 9. The molecule has 0 saturated heterocycles. The molecule has 2 aromatic rings. The number of nitrogens with zero attached hydrogens (tertiary/aromatic N) is 2. The maximum atomic E-state index is 11.6. The molecule has 1 aromatic carbocycles. The van der Waals surface area contributed by atoms with E-state index in [1.54, 1.807) is 24.6 Å². The molecule has 0 amide bonds. The molecule has 0 aliphatic rings. The van der Waals surface area contributed by atoms with Crippen LogP contribution in [0.5, 0.6) is 0 Å². The Hall–Kier alpha value is -3.28. The van der Waals surface area contributed by atoms with Gasteiger partial charge in [0.25, 0.3) is 0 Å². The van der Waals surface area contributed by atoms with E-state index in [2.05, 4.69) is 4.99 Å². The fraction of sp³-hybridized carbons (Fsp3) is 0.304. The Morgan fingerprint density at radius 2 is 1.66 bits per heavy atom. The van der Waals surface area contributed by atoms with E-state index in [4.69, 9.17) is 9.47 Å². The molecule has 0 unspecified atom stereocenters. The highest BCUT2D eigenvalue weighted by molar-refractivity contribution is 5.89. The first kappa shape index (κ1) is 22.0. The maximum absolute atomic E-state index is 11.6. The van der Waals surface area contributed by atoms with Crippen molar-refractivity contribution in [3.05, 3.63) is 59.9 Å². The van der Waals surface area contributed by atoms with Crippen molar-refractivity contribution in [1.82, 2.24) is 0 Å². The summed E-state index contributed by atoms with van der Waals surface area (Å²) in [5.41, 5.74) is 3.95. The van der Waals surface area contributed by atoms with E-state index in [-0.39, 0.29) is 25.0 Å². The number of carbonyl (C=O) groups is 2. The summed E-state index contributed by atoms with van der Waals surface area (Å²) in [6.07, 6.45) is 9.34. The molecule has 0 bridgehead atoms. The quantitative estimate of drug-likeness (QED) is 0.371. The van der Waals surface area contributed by atoms with Crippen molar-refractivity contribution in [3.8, 4) is 11.1 Å². The van der Waals surface area contributed by atoms with E-state index in [1.165, 1.54) is 0 Å². The zero-order valence-corrected chi connectivity index (χ0v) is 17.1. The van der Waals surface area contributed by atoms with E-state index >= 15 is 0 Å². The Labute approximate surface area is 171 Å². The topological polar surface area (TPSA) is 68.8 Å². The summed E-state index contributed by atoms with van der Waals surface area (Å²) < 4.78 is 11.6. The lowest BCUT2D eigenvalue weighted by atomic mass is 10.00. The third-order valence-electron chi connectivity index (χ3n) is 4.03. The van der Waals surface area contributed by atoms with Crippen LogP contribution in [0.25, 0.3) is 17.2 Å². The molecule has 1 heterocycles. The van der Waals surface area contributed by atoms with Crippen LogP contribution in [0.15, 0.2) is 53.8 Å². The molecule has 0 aliphatic carbocycles. The fourth-order valence-corrected chi connectivity index (χ4v) is 2.73. The highest BCUT2D eigenvalue weighted by Crippen LogP contribution is 2.22. The van der Waals surface area contributed by atoms with Crippen LogP contribution < -0.4 is 4.57 Å². The Kier molecular flexibility index (Phi) is 8.76. The van der Waals surface area contributed by atoms with Gasteiger partial charge in [0.15, 0.2) is 12.4 Å². The van der Waals surface area contributed by atoms with Crippen LogP contribution in [0.1, 0.15) is 31.9 Å². The maximum Gasteiger partial charge on any atom is 0.372 e. The van der Waals surface area contributed by atoms with Crippen LogP contribution in [0.4, 0.5) is 0 Å². The number of pyridine rings is 1. The first-order chi connectivity index (χ1) is 14.1. The van der Waals surface area contributed by atoms with Crippen molar-refractivity contribution >= 4 is 24.2 Å². The minimum atomic E-state index is -0.346. The van der Waals surface area contributed by atoms with Crippen molar-refractivity contribution < 1.29 is 23.6 Å². The van der Waals surface area contributed by atoms with Gasteiger partial charge in [-0.05, 0) is 43.5 Å². The summed E-state index contributed by atoms with van der Waals surface area (Å²) >= 11 is 0. The number of aromatic nitrogens is 1. The van der Waals surface area contributed by atoms with Gasteiger partial charge in [-0.15, -0.1) is 0 Å². The van der Waals surface area contributed by atoms with Gasteiger partial charge in [-0.25, -0.2) is 4.79 Å². The summed E-state index contributed by atoms with van der Waals surface area (Å²) in [7, 11) is 0. The summed E-state index contributed by atoms with van der Waals surface area (Å²) in [4.78, 5) is 27.3. The number of hydrogen-bond acceptors (Lipinski definition) is 5. The van der Waals surface area contributed by atoms with Crippen LogP contribution in [0, 0.1) is 0 Å². The molecule has 29 heavy (non-hydrogen) atoms. The standard InChI is InChI=1S/C23H27N2O4/c1-4-7-18-8-9-20(14-21(18)15-24-16-22(26)28-5-2)19-10-12-25(13-11-19)17-23(27)29-6-3/h4,7-15H,5-6,16-17H2,1-3H3/q+1/b7-4-,24-15?. The number of esters is 2. The van der Waals surface area contributed by atoms with E-state index in [0.717, 1.165) is 22.3 Å². The lowest BCUT2D eigenvalue weighted by molar-refractivity contribution is -0.685. The van der Waals surface area contributed by atoms with E-state index in [9.17, 15) is 9.59 Å². The molecule has 0 spiro atoms. The Balaban J connectivity index is 2.21. The summed E-state index contributed by atoms with van der Waals surface area (Å²) in [5, 5.41) is 0. The normalized spacial score (nSPS) is 11.1. The average Bonchev–Trinajstić information content (AvgIpc) is 2.70. The highest BCUT2D eigenvalue weighted by Gasteiger charge is 2.10. The molecule has 0 N–H and O–H groups in total. The average molecular weight is 395 g/mol. The zero-order chi connectivity index (χ0) is 21.1. The SMILES string of the molecule is C/C=C\c1ccc(-c2cc[n+](CC(=O)OCC)cc2)cc1C=NCC(=O)OCC. The molecule has 0 radical (unpaired) electrons. The molecule has 1 aromatic heterocycles. The summed E-state index contributed by atoms with van der Waals surface area (Å²) in [5.74, 6) is -0.609. The number of allylic oxidation sites excluding steroid dienone is 1. The van der Waals surface area contributed by atoms with Crippen LogP contribution in [-0.4, -0.2) is 37.9 Å². The predicted octanol–water partition coefficient (Wildman–Crippen LogP) is 3.22. The second-order valence-electron chi connectivity index (χ2n) is 6.18. The van der Waals surface area contributed by atoms with Crippen LogP contribution in [-0.2, 0) is 25.6 Å². The van der Waals surface area contributed by atoms with Crippen molar-refractivity contribution in [2.45, 2.75) is 27.3 Å². The molecular weight excluding hydrogens is 368 g/mol. The summed E-state index contributed by atoms with van der Waals surface area (Å²) in [6.45, 7) is 6.40. The third-order valence-corrected chi connectivity index (χ3v) is 4.03. The summed E-state index contributed by atoms with van der Waals surface area (Å²) in [6, 6.07) is 9.96. The highest BCUT2D eigenvalue weighted by atomic mass is 16.5. The second kappa shape index (κ2) is 11.5. The largest absolute Gasteiger partial charge is 0.465 e. The van der Waals surface area contributed by atoms with Gasteiger partial charge < -0.3 is 9.47 Å². The molecular formula is C23H27N2O4+. The molecule has 2 rings (SSSR count). The molecule has 6 nitrogen and oxygen atoms in total. The van der Waals surface area contributed by atoms with E-state index in [0.29, 0.717) is 13.2 Å². The van der Waals surface area contributed by atoms with Gasteiger partial charge >= 0.3 is 11.9 Å². The molecule has 152 valence electrons. The van der Waals surface area contributed by atoms with Crippen molar-refractivity contribution in [2.75, 3.05) is 19.8 Å². The lowest BCUT2D eigenvalue weighted by Crippen LogP contribution is -2.37. The second-order valence-corrected chi connectivity index (χ2v) is 6.18. The van der Waals surface area contributed by atoms with Crippen LogP contribution >= 0.6 is 0 Å². The molecule has 6 heteroatoms. The number of hydrogen-bond donors (Lipinski definition) is 0. The van der Waals surface area contributed by atoms with Gasteiger partial charge in [-0.2, -0.15) is 4.57 Å². The van der Waals surface area contributed by atoms with Crippen molar-refractivity contribution in [1.29, 1.82) is 0 Å². The predicted molar refractivity (Wildman–Crippen MR) is 113 cm³/mol. The number of benzene rings is 1. The van der Waals surface area contributed by atoms with Gasteiger partial charge in [0.05, 0.1) is 13.2 Å². The molecule has 0 fully saturated rings. The van der Waals surface area contributed by atoms with Crippen molar-refractivity contribution in [2.24, 2.45) is 4.99 Å². The fourth-order valence-electron chi connectivity index (χ4n) is 2.73. The Bertz CT molecular complexity index is 886. The minimum Gasteiger partial charge on any atom is -0.465 e. The van der Waals surface area contributed by atoms with Gasteiger partial charge in [0, 0.05) is 23.9 Å². The van der Waals surface area contributed by atoms with Gasteiger partial charge in [-0.3, -0.25) is 9.79 Å². The first-order valence-electron chi connectivity index (χ1n) is 9.64. The van der Waals surface area contributed by atoms with E-state index < -0.39 is 0 Å². The monoisotopic (exact) mass is 395 g/mol. The Morgan fingerprint density at radius 1 is 0.966 bits per heavy atom. The number of carbonyl (C=O) groups excluding carboxylic acids is 2. The third kappa shape index (κ3) is 6.99. The minimum absolute atomic E-state index is 0.00740. The smallest absolute Gasteiger partial charge is 0.372 e. The molecule has 0 saturated carbocycles. The van der Waals surface area contributed by atoms with Gasteiger partial charge in [0.1, 0.15) is 6.54 Å². The van der Waals surface area contributed by atoms with Crippen LogP contribution in [0.3, 0.4) is 0 Å². The van der Waals surface area contributed by atoms with Gasteiger partial charge in [0.2, 0.25) is 6.54 Å². The van der Waals surface area contributed by atoms with E-state index in [1.807, 2.05) is 61.8 Å². The zero-order valence-electron chi connectivity index (χ0n) is 17.1. The van der Waals surface area contributed by atoms with Crippen LogP contribution in [0.2, 0.25) is 0 Å². The van der Waals surface area contributed by atoms with Crippen molar-refractivity contribution in [3.63, 3.8) is 0 Å².